The molecule has 0 aromatic carbocycles. The maximum Gasteiger partial charge on any atom is 0.246 e. The summed E-state index contributed by atoms with van der Waals surface area (Å²) in [7, 11) is 1.54. The van der Waals surface area contributed by atoms with E-state index >= 15 is 0 Å². The van der Waals surface area contributed by atoms with Crippen LogP contribution in [0.25, 0.3) is 0 Å². The minimum atomic E-state index is -0.406. The molecular formula is C11H23NO2. The Morgan fingerprint density at radius 1 is 1.43 bits per heavy atom. The summed E-state index contributed by atoms with van der Waals surface area (Å²) < 4.78 is 5.05. The van der Waals surface area contributed by atoms with Crippen LogP contribution in [0.15, 0.2) is 0 Å². The Labute approximate surface area is 87.0 Å². The van der Waals surface area contributed by atoms with E-state index in [1.165, 1.54) is 19.3 Å². The van der Waals surface area contributed by atoms with E-state index in [0.717, 1.165) is 12.8 Å². The fourth-order valence-corrected chi connectivity index (χ4v) is 1.61. The molecular weight excluding hydrogens is 178 g/mol. The number of methoxy groups -OCH3 is 1. The maximum atomic E-state index is 11.0. The second kappa shape index (κ2) is 7.80. The lowest BCUT2D eigenvalue weighted by atomic mass is 9.93. The SMILES string of the molecule is CCCCC(CC)CC(OC)C(N)=O. The normalized spacial score (nSPS) is 15.1. The number of rotatable bonds is 8. The molecule has 0 aromatic rings. The molecule has 14 heavy (non-hydrogen) atoms. The summed E-state index contributed by atoms with van der Waals surface area (Å²) in [5, 5.41) is 0. The predicted molar refractivity (Wildman–Crippen MR) is 57.9 cm³/mol. The lowest BCUT2D eigenvalue weighted by Crippen LogP contribution is -2.32. The van der Waals surface area contributed by atoms with E-state index in [1.54, 1.807) is 7.11 Å². The minimum Gasteiger partial charge on any atom is -0.372 e. The number of unbranched alkanes of at least 4 members (excludes halogenated alkanes) is 1. The van der Waals surface area contributed by atoms with Crippen LogP contribution in [-0.4, -0.2) is 19.1 Å². The summed E-state index contributed by atoms with van der Waals surface area (Å²) in [5.74, 6) is 0.217. The number of hydrogen-bond donors (Lipinski definition) is 1. The number of carbonyl (C=O) groups excluding carboxylic acids is 1. The number of primary amides is 1. The average molecular weight is 201 g/mol. The van der Waals surface area contributed by atoms with E-state index in [9.17, 15) is 4.79 Å². The Bertz CT molecular complexity index is 159. The Morgan fingerprint density at radius 3 is 2.43 bits per heavy atom. The van der Waals surface area contributed by atoms with E-state index in [0.29, 0.717) is 5.92 Å². The Balaban J connectivity index is 3.94. The summed E-state index contributed by atoms with van der Waals surface area (Å²) in [6.45, 7) is 4.32. The molecule has 2 atom stereocenters. The van der Waals surface area contributed by atoms with Gasteiger partial charge in [0, 0.05) is 7.11 Å². The van der Waals surface area contributed by atoms with Gasteiger partial charge in [-0.3, -0.25) is 4.79 Å². The quantitative estimate of drug-likeness (QED) is 0.653. The summed E-state index contributed by atoms with van der Waals surface area (Å²) in [6.07, 6.45) is 5.03. The Hall–Kier alpha value is -0.570. The van der Waals surface area contributed by atoms with E-state index in [-0.39, 0.29) is 5.91 Å². The molecule has 3 nitrogen and oxygen atoms in total. The van der Waals surface area contributed by atoms with E-state index in [4.69, 9.17) is 10.5 Å². The van der Waals surface area contributed by atoms with Crippen molar-refractivity contribution in [3.63, 3.8) is 0 Å². The molecule has 2 unspecified atom stereocenters. The van der Waals surface area contributed by atoms with Crippen molar-refractivity contribution in [2.75, 3.05) is 7.11 Å². The van der Waals surface area contributed by atoms with Gasteiger partial charge in [-0.1, -0.05) is 39.5 Å². The highest BCUT2D eigenvalue weighted by Gasteiger charge is 2.18. The molecule has 0 aliphatic heterocycles. The molecule has 2 N–H and O–H groups in total. The van der Waals surface area contributed by atoms with Crippen molar-refractivity contribution >= 4 is 5.91 Å². The number of amides is 1. The summed E-state index contributed by atoms with van der Waals surface area (Å²) in [6, 6.07) is 0. The molecule has 3 heteroatoms. The van der Waals surface area contributed by atoms with Gasteiger partial charge in [0.1, 0.15) is 6.10 Å². The third-order valence-electron chi connectivity index (χ3n) is 2.69. The standard InChI is InChI=1S/C11H23NO2/c1-4-6-7-9(5-2)8-10(14-3)11(12)13/h9-10H,4-8H2,1-3H3,(H2,12,13). The zero-order valence-electron chi connectivity index (χ0n) is 9.58. The highest BCUT2D eigenvalue weighted by molar-refractivity contribution is 5.78. The fraction of sp³-hybridized carbons (Fsp3) is 0.909. The molecule has 0 saturated carbocycles. The second-order valence-corrected chi connectivity index (χ2v) is 3.78. The molecule has 0 spiro atoms. The van der Waals surface area contributed by atoms with Crippen molar-refractivity contribution in [2.45, 2.75) is 52.1 Å². The lowest BCUT2D eigenvalue weighted by molar-refractivity contribution is -0.128. The number of ether oxygens (including phenoxy) is 1. The van der Waals surface area contributed by atoms with Crippen LogP contribution in [0.4, 0.5) is 0 Å². The average Bonchev–Trinajstić information content (AvgIpc) is 2.18. The first-order valence-corrected chi connectivity index (χ1v) is 5.47. The van der Waals surface area contributed by atoms with Crippen LogP contribution in [0.3, 0.4) is 0 Å². The summed E-state index contributed by atoms with van der Waals surface area (Å²) >= 11 is 0. The predicted octanol–water partition coefficient (Wildman–Crippen LogP) is 2.09. The van der Waals surface area contributed by atoms with Crippen LogP contribution in [-0.2, 0) is 9.53 Å². The molecule has 0 fully saturated rings. The van der Waals surface area contributed by atoms with Gasteiger partial charge in [-0.15, -0.1) is 0 Å². The van der Waals surface area contributed by atoms with Gasteiger partial charge in [-0.25, -0.2) is 0 Å². The molecule has 0 heterocycles. The highest BCUT2D eigenvalue weighted by Crippen LogP contribution is 2.19. The van der Waals surface area contributed by atoms with Crippen LogP contribution in [0.2, 0.25) is 0 Å². The molecule has 0 saturated heterocycles. The molecule has 0 aromatic heterocycles. The lowest BCUT2D eigenvalue weighted by Gasteiger charge is -2.19. The third-order valence-corrected chi connectivity index (χ3v) is 2.69. The molecule has 0 radical (unpaired) electrons. The first kappa shape index (κ1) is 13.4. The number of carbonyl (C=O) groups is 1. The van der Waals surface area contributed by atoms with Crippen molar-refractivity contribution in [1.29, 1.82) is 0 Å². The largest absolute Gasteiger partial charge is 0.372 e. The van der Waals surface area contributed by atoms with Gasteiger partial charge < -0.3 is 10.5 Å². The first-order valence-electron chi connectivity index (χ1n) is 5.47. The molecule has 0 bridgehead atoms. The topological polar surface area (TPSA) is 52.3 Å². The van der Waals surface area contributed by atoms with Crippen LogP contribution in [0.5, 0.6) is 0 Å². The highest BCUT2D eigenvalue weighted by atomic mass is 16.5. The fourth-order valence-electron chi connectivity index (χ4n) is 1.61. The summed E-state index contributed by atoms with van der Waals surface area (Å²) in [4.78, 5) is 11.0. The van der Waals surface area contributed by atoms with Crippen LogP contribution < -0.4 is 5.73 Å². The zero-order valence-corrected chi connectivity index (χ0v) is 9.58. The molecule has 0 rings (SSSR count). The van der Waals surface area contributed by atoms with E-state index < -0.39 is 6.10 Å². The van der Waals surface area contributed by atoms with Crippen LogP contribution in [0, 0.1) is 5.92 Å². The van der Waals surface area contributed by atoms with E-state index in [2.05, 4.69) is 13.8 Å². The molecule has 84 valence electrons. The van der Waals surface area contributed by atoms with Crippen LogP contribution in [0.1, 0.15) is 46.0 Å². The van der Waals surface area contributed by atoms with Gasteiger partial charge in [-0.05, 0) is 12.3 Å². The van der Waals surface area contributed by atoms with Crippen molar-refractivity contribution in [3.05, 3.63) is 0 Å². The smallest absolute Gasteiger partial charge is 0.246 e. The maximum absolute atomic E-state index is 11.0. The summed E-state index contributed by atoms with van der Waals surface area (Å²) in [5.41, 5.74) is 5.21. The number of hydrogen-bond acceptors (Lipinski definition) is 2. The van der Waals surface area contributed by atoms with Crippen molar-refractivity contribution in [2.24, 2.45) is 11.7 Å². The zero-order chi connectivity index (χ0) is 11.0. The Kier molecular flexibility index (Phi) is 7.48. The third kappa shape index (κ3) is 5.22. The van der Waals surface area contributed by atoms with Gasteiger partial charge in [0.25, 0.3) is 0 Å². The molecule has 0 aliphatic rings. The first-order chi connectivity index (χ1) is 6.65. The Morgan fingerprint density at radius 2 is 2.07 bits per heavy atom. The van der Waals surface area contributed by atoms with E-state index in [1.807, 2.05) is 0 Å². The van der Waals surface area contributed by atoms with Crippen LogP contribution >= 0.6 is 0 Å². The van der Waals surface area contributed by atoms with Crippen molar-refractivity contribution in [1.82, 2.24) is 0 Å². The molecule has 1 amide bonds. The monoisotopic (exact) mass is 201 g/mol. The second-order valence-electron chi connectivity index (χ2n) is 3.78. The van der Waals surface area contributed by atoms with Gasteiger partial charge in [-0.2, -0.15) is 0 Å². The minimum absolute atomic E-state index is 0.345. The van der Waals surface area contributed by atoms with Crippen molar-refractivity contribution in [3.8, 4) is 0 Å². The molecule has 0 aliphatic carbocycles. The van der Waals surface area contributed by atoms with Gasteiger partial charge in [0.05, 0.1) is 0 Å². The van der Waals surface area contributed by atoms with Crippen molar-refractivity contribution < 1.29 is 9.53 Å². The number of nitrogens with two attached hydrogens (primary N) is 1. The van der Waals surface area contributed by atoms with Gasteiger partial charge >= 0.3 is 0 Å². The van der Waals surface area contributed by atoms with Gasteiger partial charge in [0.15, 0.2) is 0 Å². The van der Waals surface area contributed by atoms with Gasteiger partial charge in [0.2, 0.25) is 5.91 Å².